The van der Waals surface area contributed by atoms with Crippen LogP contribution in [0.15, 0.2) is 52.6 Å². The highest BCUT2D eigenvalue weighted by atomic mass is 32.1. The number of aromatic nitrogens is 4. The van der Waals surface area contributed by atoms with E-state index in [1.54, 1.807) is 24.3 Å². The number of nitrogens with one attached hydrogen (secondary N) is 3. The van der Waals surface area contributed by atoms with Crippen molar-refractivity contribution < 1.29 is 4.79 Å². The molecule has 166 valence electrons. The van der Waals surface area contributed by atoms with E-state index in [0.29, 0.717) is 44.0 Å². The van der Waals surface area contributed by atoms with Crippen molar-refractivity contribution in [2.24, 2.45) is 0 Å². The minimum absolute atomic E-state index is 0.0942. The molecular weight excluding hydrogens is 436 g/mol. The molecule has 0 saturated carbocycles. The van der Waals surface area contributed by atoms with Gasteiger partial charge in [-0.3, -0.25) is 14.9 Å². The van der Waals surface area contributed by atoms with Gasteiger partial charge >= 0.3 is 0 Å². The number of rotatable bonds is 3. The lowest BCUT2D eigenvalue weighted by atomic mass is 9.93. The minimum Gasteiger partial charge on any atom is -0.396 e. The van der Waals surface area contributed by atoms with Crippen LogP contribution < -0.4 is 16.6 Å². The number of hydrogen-bond donors (Lipinski definition) is 4. The van der Waals surface area contributed by atoms with Gasteiger partial charge < -0.3 is 15.7 Å². The Kier molecular flexibility index (Phi) is 4.79. The van der Waals surface area contributed by atoms with Gasteiger partial charge in [-0.25, -0.2) is 9.97 Å². The van der Waals surface area contributed by atoms with Gasteiger partial charge in [0.1, 0.15) is 0 Å². The second-order valence-corrected chi connectivity index (χ2v) is 9.71. The summed E-state index contributed by atoms with van der Waals surface area (Å²) in [6.07, 6.45) is 0. The molecule has 0 fully saturated rings. The maximum atomic E-state index is 12.8. The first kappa shape index (κ1) is 20.9. The molecular formula is C24H22N6O2S. The van der Waals surface area contributed by atoms with Crippen LogP contribution in [0.25, 0.3) is 33.3 Å². The van der Waals surface area contributed by atoms with Gasteiger partial charge in [-0.15, -0.1) is 11.3 Å². The Labute approximate surface area is 192 Å². The Balaban J connectivity index is 1.50. The maximum absolute atomic E-state index is 12.8. The number of benzene rings is 2. The Bertz CT molecular complexity index is 1590. The molecule has 1 amide bonds. The number of fused-ring (bicyclic) bond motifs is 2. The number of anilines is 2. The predicted octanol–water partition coefficient (Wildman–Crippen LogP) is 4.66. The predicted molar refractivity (Wildman–Crippen MR) is 133 cm³/mol. The Morgan fingerprint density at radius 2 is 1.85 bits per heavy atom. The van der Waals surface area contributed by atoms with Gasteiger partial charge in [-0.2, -0.15) is 0 Å². The number of hydrogen-bond acceptors (Lipinski definition) is 6. The van der Waals surface area contributed by atoms with E-state index in [2.05, 4.69) is 46.0 Å². The third kappa shape index (κ3) is 3.76. The van der Waals surface area contributed by atoms with E-state index in [4.69, 9.17) is 5.73 Å². The number of nitrogens with zero attached hydrogens (tertiary/aromatic N) is 2. The van der Waals surface area contributed by atoms with Crippen LogP contribution in [0.4, 0.5) is 10.8 Å². The molecule has 5 N–H and O–H groups in total. The smallest absolute Gasteiger partial charge is 0.276 e. The van der Waals surface area contributed by atoms with Gasteiger partial charge in [0.15, 0.2) is 10.8 Å². The molecule has 0 aliphatic carbocycles. The van der Waals surface area contributed by atoms with E-state index in [0.717, 1.165) is 5.69 Å². The second-order valence-electron chi connectivity index (χ2n) is 8.85. The van der Waals surface area contributed by atoms with Gasteiger partial charge in [0, 0.05) is 27.3 Å². The highest BCUT2D eigenvalue weighted by Crippen LogP contribution is 2.32. The summed E-state index contributed by atoms with van der Waals surface area (Å²) in [6, 6.07) is 12.5. The zero-order chi connectivity index (χ0) is 23.3. The monoisotopic (exact) mass is 458 g/mol. The number of amides is 1. The summed E-state index contributed by atoms with van der Waals surface area (Å²) in [5.74, 6) is -0.282. The molecule has 3 aromatic heterocycles. The SMILES string of the molecule is CC(C)(C)c1csc(NC(=O)c2ccc3[nH]c(-c4nc5ccccc5[nH]c4=O)c(N)c3c2)n1. The van der Waals surface area contributed by atoms with Crippen LogP contribution in [-0.4, -0.2) is 25.8 Å². The molecule has 8 nitrogen and oxygen atoms in total. The van der Waals surface area contributed by atoms with Crippen molar-refractivity contribution in [3.8, 4) is 11.4 Å². The molecule has 0 aliphatic rings. The summed E-state index contributed by atoms with van der Waals surface area (Å²) in [6.45, 7) is 6.22. The van der Waals surface area contributed by atoms with E-state index in [1.165, 1.54) is 11.3 Å². The van der Waals surface area contributed by atoms with Crippen LogP contribution in [0, 0.1) is 0 Å². The van der Waals surface area contributed by atoms with Crippen molar-refractivity contribution in [3.05, 3.63) is 69.5 Å². The summed E-state index contributed by atoms with van der Waals surface area (Å²) in [5, 5.41) is 5.98. The van der Waals surface area contributed by atoms with E-state index in [1.807, 2.05) is 23.6 Å². The summed E-state index contributed by atoms with van der Waals surface area (Å²) in [5.41, 5.74) is 10.3. The lowest BCUT2D eigenvalue weighted by molar-refractivity contribution is 0.102. The molecule has 5 aromatic rings. The van der Waals surface area contributed by atoms with Crippen molar-refractivity contribution >= 4 is 50.0 Å². The zero-order valence-electron chi connectivity index (χ0n) is 18.3. The topological polar surface area (TPSA) is 130 Å². The van der Waals surface area contributed by atoms with E-state index >= 15 is 0 Å². The molecule has 5 rings (SSSR count). The average Bonchev–Trinajstić information content (AvgIpc) is 3.38. The van der Waals surface area contributed by atoms with Crippen molar-refractivity contribution in [2.45, 2.75) is 26.2 Å². The first-order valence-corrected chi connectivity index (χ1v) is 11.3. The number of thiazole rings is 1. The number of aromatic amines is 2. The van der Waals surface area contributed by atoms with Gasteiger partial charge in [0.05, 0.1) is 28.1 Å². The zero-order valence-corrected chi connectivity index (χ0v) is 19.1. The number of carbonyl (C=O) groups is 1. The van der Waals surface area contributed by atoms with E-state index in [9.17, 15) is 9.59 Å². The minimum atomic E-state index is -0.344. The van der Waals surface area contributed by atoms with Gasteiger partial charge in [-0.05, 0) is 30.3 Å². The largest absolute Gasteiger partial charge is 0.396 e. The number of nitrogen functional groups attached to an aromatic ring is 1. The third-order valence-corrected chi connectivity index (χ3v) is 6.19. The van der Waals surface area contributed by atoms with Gasteiger partial charge in [-0.1, -0.05) is 32.9 Å². The van der Waals surface area contributed by atoms with Crippen molar-refractivity contribution in [2.75, 3.05) is 11.1 Å². The standard InChI is InChI=1S/C24H22N6O2S/c1-24(2,3)17-11-33-23(29-17)30-21(31)12-8-9-14-13(10-12)18(25)19(26-14)20-22(32)28-16-7-5-4-6-15(16)27-20/h4-11,26H,25H2,1-3H3,(H,28,32)(H,29,30,31). The fourth-order valence-corrected chi connectivity index (χ4v) is 4.52. The van der Waals surface area contributed by atoms with Crippen LogP contribution in [0.1, 0.15) is 36.8 Å². The average molecular weight is 459 g/mol. The molecule has 0 atom stereocenters. The molecule has 3 heterocycles. The third-order valence-electron chi connectivity index (χ3n) is 5.43. The number of carbonyl (C=O) groups excluding carboxylic acids is 1. The summed E-state index contributed by atoms with van der Waals surface area (Å²) in [7, 11) is 0. The lowest BCUT2D eigenvalue weighted by Gasteiger charge is -2.14. The van der Waals surface area contributed by atoms with Crippen molar-refractivity contribution in [1.82, 2.24) is 19.9 Å². The first-order chi connectivity index (χ1) is 15.7. The van der Waals surface area contributed by atoms with E-state index in [-0.39, 0.29) is 22.6 Å². The van der Waals surface area contributed by atoms with Crippen molar-refractivity contribution in [1.29, 1.82) is 0 Å². The van der Waals surface area contributed by atoms with Crippen LogP contribution in [0.3, 0.4) is 0 Å². The summed E-state index contributed by atoms with van der Waals surface area (Å²) < 4.78 is 0. The quantitative estimate of drug-likeness (QED) is 0.312. The lowest BCUT2D eigenvalue weighted by Crippen LogP contribution is -2.14. The fourth-order valence-electron chi connectivity index (χ4n) is 3.58. The van der Waals surface area contributed by atoms with Crippen LogP contribution in [0.2, 0.25) is 0 Å². The van der Waals surface area contributed by atoms with Gasteiger partial charge in [0.25, 0.3) is 11.5 Å². The number of nitrogens with two attached hydrogens (primary N) is 1. The molecule has 0 radical (unpaired) electrons. The molecule has 33 heavy (non-hydrogen) atoms. The molecule has 0 bridgehead atoms. The Hall–Kier alpha value is -3.98. The molecule has 9 heteroatoms. The molecule has 2 aromatic carbocycles. The van der Waals surface area contributed by atoms with E-state index < -0.39 is 0 Å². The normalized spacial score (nSPS) is 11.8. The Morgan fingerprint density at radius 3 is 2.61 bits per heavy atom. The molecule has 0 unspecified atom stereocenters. The summed E-state index contributed by atoms with van der Waals surface area (Å²) >= 11 is 1.39. The Morgan fingerprint density at radius 1 is 1.06 bits per heavy atom. The number of para-hydroxylation sites is 2. The fraction of sp³-hybridized carbons (Fsp3) is 0.167. The van der Waals surface area contributed by atoms with Gasteiger partial charge in [0.2, 0.25) is 0 Å². The molecule has 0 saturated heterocycles. The summed E-state index contributed by atoms with van der Waals surface area (Å²) in [4.78, 5) is 40.5. The van der Waals surface area contributed by atoms with Crippen molar-refractivity contribution in [3.63, 3.8) is 0 Å². The van der Waals surface area contributed by atoms with Crippen LogP contribution in [-0.2, 0) is 5.41 Å². The molecule has 0 aliphatic heterocycles. The first-order valence-electron chi connectivity index (χ1n) is 10.4. The highest BCUT2D eigenvalue weighted by Gasteiger charge is 2.20. The van der Waals surface area contributed by atoms with Crippen LogP contribution >= 0.6 is 11.3 Å². The highest BCUT2D eigenvalue weighted by molar-refractivity contribution is 7.14. The molecule has 0 spiro atoms. The second kappa shape index (κ2) is 7.56. The maximum Gasteiger partial charge on any atom is 0.276 e. The van der Waals surface area contributed by atoms with Crippen LogP contribution in [0.5, 0.6) is 0 Å². The number of H-pyrrole nitrogens is 2.